The monoisotopic (exact) mass is 199 g/mol. The second-order valence-corrected chi connectivity index (χ2v) is 4.69. The fourth-order valence-corrected chi connectivity index (χ4v) is 2.98. The number of nitrogens with one attached hydrogen (secondary N) is 1. The minimum atomic E-state index is -0.371. The molecule has 3 saturated heterocycles. The summed E-state index contributed by atoms with van der Waals surface area (Å²) in [5.74, 6) is -0.371. The second-order valence-electron chi connectivity index (χ2n) is 4.69. The van der Waals surface area contributed by atoms with E-state index >= 15 is 0 Å². The standard InChI is InChI=1S/C10H17NO3/c12-5-9-6-13-10(14-9)3-7-1-2-8(4-10)11-7/h7-9,11-12H,1-6H2. The molecule has 3 aliphatic heterocycles. The van der Waals surface area contributed by atoms with Gasteiger partial charge in [0.2, 0.25) is 0 Å². The Kier molecular flexibility index (Phi) is 2.06. The van der Waals surface area contributed by atoms with Gasteiger partial charge in [-0.2, -0.15) is 0 Å². The SMILES string of the molecule is OCC1COC2(CC3CCC(C2)N3)O1. The van der Waals surface area contributed by atoms with Crippen LogP contribution >= 0.6 is 0 Å². The van der Waals surface area contributed by atoms with Gasteiger partial charge < -0.3 is 19.9 Å². The number of rotatable bonds is 1. The van der Waals surface area contributed by atoms with Gasteiger partial charge in [0.25, 0.3) is 0 Å². The molecule has 3 rings (SSSR count). The topological polar surface area (TPSA) is 50.7 Å². The van der Waals surface area contributed by atoms with Gasteiger partial charge in [0.05, 0.1) is 13.2 Å². The first-order valence-electron chi connectivity index (χ1n) is 5.48. The number of fused-ring (bicyclic) bond motifs is 2. The summed E-state index contributed by atoms with van der Waals surface area (Å²) in [6, 6.07) is 1.12. The van der Waals surface area contributed by atoms with E-state index in [1.165, 1.54) is 12.8 Å². The fraction of sp³-hybridized carbons (Fsp3) is 1.00. The Morgan fingerprint density at radius 3 is 2.57 bits per heavy atom. The maximum Gasteiger partial charge on any atom is 0.171 e. The first-order chi connectivity index (χ1) is 6.80. The summed E-state index contributed by atoms with van der Waals surface area (Å²) in [5, 5.41) is 12.6. The third-order valence-corrected chi connectivity index (χ3v) is 3.57. The Balaban J connectivity index is 1.73. The van der Waals surface area contributed by atoms with Gasteiger partial charge in [-0.05, 0) is 12.8 Å². The Labute approximate surface area is 83.6 Å². The van der Waals surface area contributed by atoms with Crippen LogP contribution in [0.5, 0.6) is 0 Å². The first-order valence-corrected chi connectivity index (χ1v) is 5.48. The molecule has 0 radical (unpaired) electrons. The minimum Gasteiger partial charge on any atom is -0.394 e. The van der Waals surface area contributed by atoms with Crippen LogP contribution < -0.4 is 5.32 Å². The number of ether oxygens (including phenoxy) is 2. The summed E-state index contributed by atoms with van der Waals surface area (Å²) in [6.07, 6.45) is 4.26. The van der Waals surface area contributed by atoms with Crippen LogP contribution in [0.4, 0.5) is 0 Å². The lowest BCUT2D eigenvalue weighted by molar-refractivity contribution is -0.194. The predicted molar refractivity (Wildman–Crippen MR) is 49.8 cm³/mol. The van der Waals surface area contributed by atoms with Gasteiger partial charge in [0.1, 0.15) is 6.10 Å². The smallest absolute Gasteiger partial charge is 0.171 e. The molecule has 3 fully saturated rings. The lowest BCUT2D eigenvalue weighted by Gasteiger charge is -2.36. The molecule has 3 aliphatic rings. The molecule has 2 bridgehead atoms. The molecule has 4 heteroatoms. The van der Waals surface area contributed by atoms with Crippen LogP contribution in [-0.2, 0) is 9.47 Å². The quantitative estimate of drug-likeness (QED) is 0.624. The van der Waals surface area contributed by atoms with Crippen molar-refractivity contribution < 1.29 is 14.6 Å². The van der Waals surface area contributed by atoms with E-state index in [1.807, 2.05) is 0 Å². The molecule has 3 atom stereocenters. The molecule has 0 aromatic carbocycles. The molecule has 80 valence electrons. The molecule has 14 heavy (non-hydrogen) atoms. The number of aliphatic hydroxyl groups excluding tert-OH is 1. The third-order valence-electron chi connectivity index (χ3n) is 3.57. The Hall–Kier alpha value is -0.160. The van der Waals surface area contributed by atoms with Crippen molar-refractivity contribution in [3.63, 3.8) is 0 Å². The molecule has 3 heterocycles. The zero-order chi connectivity index (χ0) is 9.60. The van der Waals surface area contributed by atoms with Crippen LogP contribution in [0.25, 0.3) is 0 Å². The van der Waals surface area contributed by atoms with Crippen LogP contribution in [0.15, 0.2) is 0 Å². The summed E-state index contributed by atoms with van der Waals surface area (Å²) < 4.78 is 11.6. The van der Waals surface area contributed by atoms with E-state index in [9.17, 15) is 0 Å². The van der Waals surface area contributed by atoms with Crippen LogP contribution in [0, 0.1) is 0 Å². The lowest BCUT2D eigenvalue weighted by atomic mass is 9.98. The van der Waals surface area contributed by atoms with Crippen molar-refractivity contribution in [2.45, 2.75) is 49.7 Å². The minimum absolute atomic E-state index is 0.0739. The molecule has 0 aliphatic carbocycles. The molecular formula is C10H17NO3. The second kappa shape index (κ2) is 3.17. The average Bonchev–Trinajstić information content (AvgIpc) is 2.72. The van der Waals surface area contributed by atoms with Crippen molar-refractivity contribution >= 4 is 0 Å². The number of piperidine rings is 1. The lowest BCUT2D eigenvalue weighted by Crippen LogP contribution is -2.49. The van der Waals surface area contributed by atoms with E-state index in [-0.39, 0.29) is 18.5 Å². The van der Waals surface area contributed by atoms with E-state index in [4.69, 9.17) is 14.6 Å². The number of aliphatic hydroxyl groups is 1. The number of hydrogen-bond donors (Lipinski definition) is 2. The van der Waals surface area contributed by atoms with Gasteiger partial charge in [-0.15, -0.1) is 0 Å². The Morgan fingerprint density at radius 2 is 2.00 bits per heavy atom. The molecule has 1 spiro atoms. The van der Waals surface area contributed by atoms with Crippen LogP contribution in [-0.4, -0.2) is 42.3 Å². The van der Waals surface area contributed by atoms with Crippen molar-refractivity contribution in [1.82, 2.24) is 5.32 Å². The van der Waals surface area contributed by atoms with Crippen molar-refractivity contribution in [3.8, 4) is 0 Å². The third kappa shape index (κ3) is 1.37. The molecule has 0 amide bonds. The van der Waals surface area contributed by atoms with Gasteiger partial charge in [0.15, 0.2) is 5.79 Å². The van der Waals surface area contributed by atoms with Crippen LogP contribution in [0.3, 0.4) is 0 Å². The van der Waals surface area contributed by atoms with E-state index in [0.717, 1.165) is 12.8 Å². The first kappa shape index (κ1) is 9.09. The molecule has 3 unspecified atom stereocenters. The molecule has 4 nitrogen and oxygen atoms in total. The maximum atomic E-state index is 9.01. The van der Waals surface area contributed by atoms with Gasteiger partial charge in [0, 0.05) is 24.9 Å². The zero-order valence-electron chi connectivity index (χ0n) is 8.24. The highest BCUT2D eigenvalue weighted by Crippen LogP contribution is 2.40. The summed E-state index contributed by atoms with van der Waals surface area (Å²) in [7, 11) is 0. The highest BCUT2D eigenvalue weighted by atomic mass is 16.7. The summed E-state index contributed by atoms with van der Waals surface area (Å²) >= 11 is 0. The highest BCUT2D eigenvalue weighted by molar-refractivity contribution is 4.98. The molecule has 0 saturated carbocycles. The Bertz CT molecular complexity index is 221. The van der Waals surface area contributed by atoms with Gasteiger partial charge in [-0.25, -0.2) is 0 Å². The van der Waals surface area contributed by atoms with Crippen LogP contribution in [0.2, 0.25) is 0 Å². The number of hydrogen-bond acceptors (Lipinski definition) is 4. The normalized spacial score (nSPS) is 51.6. The average molecular weight is 199 g/mol. The van der Waals surface area contributed by atoms with Gasteiger partial charge in [-0.3, -0.25) is 0 Å². The van der Waals surface area contributed by atoms with Crippen LogP contribution in [0.1, 0.15) is 25.7 Å². The van der Waals surface area contributed by atoms with E-state index in [2.05, 4.69) is 5.32 Å². The van der Waals surface area contributed by atoms with Gasteiger partial charge in [-0.1, -0.05) is 0 Å². The van der Waals surface area contributed by atoms with Crippen molar-refractivity contribution in [2.75, 3.05) is 13.2 Å². The van der Waals surface area contributed by atoms with E-state index in [0.29, 0.717) is 18.7 Å². The van der Waals surface area contributed by atoms with E-state index in [1.54, 1.807) is 0 Å². The van der Waals surface area contributed by atoms with Crippen molar-refractivity contribution in [2.24, 2.45) is 0 Å². The molecule has 0 aromatic heterocycles. The largest absolute Gasteiger partial charge is 0.394 e. The zero-order valence-corrected chi connectivity index (χ0v) is 8.24. The summed E-state index contributed by atoms with van der Waals surface area (Å²) in [5.41, 5.74) is 0. The molecular weight excluding hydrogens is 182 g/mol. The highest BCUT2D eigenvalue weighted by Gasteiger charge is 2.49. The van der Waals surface area contributed by atoms with Crippen molar-refractivity contribution in [1.29, 1.82) is 0 Å². The van der Waals surface area contributed by atoms with Gasteiger partial charge >= 0.3 is 0 Å². The molecule has 2 N–H and O–H groups in total. The predicted octanol–water partition coefficient (Wildman–Crippen LogP) is 0.00480. The summed E-state index contributed by atoms with van der Waals surface area (Å²) in [4.78, 5) is 0. The van der Waals surface area contributed by atoms with E-state index < -0.39 is 0 Å². The fourth-order valence-electron chi connectivity index (χ4n) is 2.98. The Morgan fingerprint density at radius 1 is 1.29 bits per heavy atom. The summed E-state index contributed by atoms with van der Waals surface area (Å²) in [6.45, 7) is 0.625. The molecule has 0 aromatic rings. The maximum absolute atomic E-state index is 9.01. The van der Waals surface area contributed by atoms with Crippen molar-refractivity contribution in [3.05, 3.63) is 0 Å².